The van der Waals surface area contributed by atoms with E-state index in [1.165, 1.54) is 33.5 Å². The molecule has 148 valence electrons. The van der Waals surface area contributed by atoms with Crippen LogP contribution < -0.4 is 19.5 Å². The monoisotopic (exact) mass is 385 g/mol. The minimum Gasteiger partial charge on any atom is -0.493 e. The summed E-state index contributed by atoms with van der Waals surface area (Å²) in [5.74, 6) is 0.329. The second-order valence-corrected chi connectivity index (χ2v) is 5.76. The van der Waals surface area contributed by atoms with E-state index >= 15 is 0 Å². The number of hydrogen-bond acceptors (Lipinski definition) is 6. The van der Waals surface area contributed by atoms with Crippen LogP contribution in [0.3, 0.4) is 0 Å². The number of carbonyl (C=O) groups excluding carboxylic acids is 2. The number of esters is 1. The van der Waals surface area contributed by atoms with E-state index in [4.69, 9.17) is 18.9 Å². The van der Waals surface area contributed by atoms with Crippen molar-refractivity contribution in [3.05, 3.63) is 53.6 Å². The third kappa shape index (κ3) is 5.51. The van der Waals surface area contributed by atoms with Crippen LogP contribution in [0.2, 0.25) is 0 Å². The molecular weight excluding hydrogens is 362 g/mol. The minimum absolute atomic E-state index is 0.382. The molecule has 0 fully saturated rings. The highest BCUT2D eigenvalue weighted by atomic mass is 16.5. The van der Waals surface area contributed by atoms with Gasteiger partial charge in [-0.15, -0.1) is 0 Å². The predicted octanol–water partition coefficient (Wildman–Crippen LogP) is 3.22. The molecule has 1 N–H and O–H groups in total. The van der Waals surface area contributed by atoms with Gasteiger partial charge in [0.1, 0.15) is 0 Å². The van der Waals surface area contributed by atoms with Crippen LogP contribution in [0.1, 0.15) is 11.1 Å². The summed E-state index contributed by atoms with van der Waals surface area (Å²) in [6.07, 6.45) is 2.76. The molecule has 2 aromatic rings. The van der Waals surface area contributed by atoms with Gasteiger partial charge in [0.25, 0.3) is 5.91 Å². The molecule has 2 aromatic carbocycles. The molecule has 0 aromatic heterocycles. The number of nitrogens with one attached hydrogen (secondary N) is 1. The van der Waals surface area contributed by atoms with Crippen molar-refractivity contribution in [3.8, 4) is 17.2 Å². The van der Waals surface area contributed by atoms with Gasteiger partial charge in [0.15, 0.2) is 18.1 Å². The Morgan fingerprint density at radius 2 is 1.64 bits per heavy atom. The highest BCUT2D eigenvalue weighted by Gasteiger charge is 2.12. The van der Waals surface area contributed by atoms with Gasteiger partial charge in [-0.05, 0) is 42.3 Å². The molecule has 1 amide bonds. The maximum Gasteiger partial charge on any atom is 0.331 e. The third-order valence-electron chi connectivity index (χ3n) is 3.86. The summed E-state index contributed by atoms with van der Waals surface area (Å²) in [6, 6.07) is 10.7. The number of para-hydroxylation sites is 1. The van der Waals surface area contributed by atoms with E-state index in [9.17, 15) is 9.59 Å². The fourth-order valence-corrected chi connectivity index (χ4v) is 2.45. The first-order chi connectivity index (χ1) is 13.5. The normalized spacial score (nSPS) is 10.4. The molecule has 0 bridgehead atoms. The zero-order valence-electron chi connectivity index (χ0n) is 16.3. The minimum atomic E-state index is -0.645. The Morgan fingerprint density at radius 1 is 1.00 bits per heavy atom. The molecular formula is C21H23NO6. The van der Waals surface area contributed by atoms with Crippen molar-refractivity contribution in [3.63, 3.8) is 0 Å². The Hall–Kier alpha value is -3.48. The van der Waals surface area contributed by atoms with Gasteiger partial charge < -0.3 is 24.3 Å². The Kier molecular flexibility index (Phi) is 7.45. The summed E-state index contributed by atoms with van der Waals surface area (Å²) in [5, 5.41) is 2.69. The van der Waals surface area contributed by atoms with Crippen LogP contribution >= 0.6 is 0 Å². The predicted molar refractivity (Wildman–Crippen MR) is 106 cm³/mol. The van der Waals surface area contributed by atoms with Crippen LogP contribution in [0.25, 0.3) is 6.08 Å². The molecule has 0 saturated heterocycles. The van der Waals surface area contributed by atoms with E-state index < -0.39 is 11.9 Å². The van der Waals surface area contributed by atoms with Gasteiger partial charge >= 0.3 is 5.97 Å². The number of benzene rings is 2. The molecule has 2 rings (SSSR count). The Morgan fingerprint density at radius 3 is 2.21 bits per heavy atom. The van der Waals surface area contributed by atoms with Crippen LogP contribution in [0, 0.1) is 6.92 Å². The third-order valence-corrected chi connectivity index (χ3v) is 3.86. The maximum atomic E-state index is 11.9. The van der Waals surface area contributed by atoms with Crippen molar-refractivity contribution in [1.29, 1.82) is 0 Å². The zero-order valence-corrected chi connectivity index (χ0v) is 16.3. The van der Waals surface area contributed by atoms with Gasteiger partial charge in [0.2, 0.25) is 5.75 Å². The number of carbonyl (C=O) groups is 2. The number of anilines is 1. The molecule has 0 aliphatic carbocycles. The van der Waals surface area contributed by atoms with Crippen LogP contribution in [0.15, 0.2) is 42.5 Å². The van der Waals surface area contributed by atoms with Gasteiger partial charge in [0.05, 0.1) is 21.3 Å². The standard InChI is InChI=1S/C21H23NO6/c1-14-7-5-6-8-16(14)22-19(23)13-28-20(24)10-9-15-11-17(25-2)21(27-4)18(12-15)26-3/h5-12H,13H2,1-4H3,(H,22,23). The lowest BCUT2D eigenvalue weighted by Crippen LogP contribution is -2.20. The lowest BCUT2D eigenvalue weighted by molar-refractivity contribution is -0.142. The van der Waals surface area contributed by atoms with Crippen molar-refractivity contribution in [2.45, 2.75) is 6.92 Å². The zero-order chi connectivity index (χ0) is 20.5. The van der Waals surface area contributed by atoms with E-state index in [2.05, 4.69) is 5.32 Å². The van der Waals surface area contributed by atoms with Crippen LogP contribution in [0.5, 0.6) is 17.2 Å². The number of ether oxygens (including phenoxy) is 4. The van der Waals surface area contributed by atoms with Crippen molar-refractivity contribution in [2.24, 2.45) is 0 Å². The fourth-order valence-electron chi connectivity index (χ4n) is 2.45. The van der Waals surface area contributed by atoms with E-state index in [0.29, 0.717) is 28.5 Å². The Labute approximate surface area is 163 Å². The summed E-state index contributed by atoms with van der Waals surface area (Å²) in [7, 11) is 4.52. The smallest absolute Gasteiger partial charge is 0.331 e. The molecule has 0 radical (unpaired) electrons. The van der Waals surface area contributed by atoms with Gasteiger partial charge in [0, 0.05) is 11.8 Å². The lowest BCUT2D eigenvalue weighted by atomic mass is 10.1. The summed E-state index contributed by atoms with van der Waals surface area (Å²) in [6.45, 7) is 1.49. The van der Waals surface area contributed by atoms with Crippen LogP contribution in [-0.2, 0) is 14.3 Å². The summed E-state index contributed by atoms with van der Waals surface area (Å²) in [4.78, 5) is 23.8. The molecule has 0 heterocycles. The molecule has 0 unspecified atom stereocenters. The molecule has 7 nitrogen and oxygen atoms in total. The van der Waals surface area contributed by atoms with Crippen molar-refractivity contribution in [1.82, 2.24) is 0 Å². The Bertz CT molecular complexity index is 850. The SMILES string of the molecule is COc1cc(C=CC(=O)OCC(=O)Nc2ccccc2C)cc(OC)c1OC. The largest absolute Gasteiger partial charge is 0.493 e. The van der Waals surface area contributed by atoms with Crippen LogP contribution in [-0.4, -0.2) is 39.8 Å². The van der Waals surface area contributed by atoms with Crippen LogP contribution in [0.4, 0.5) is 5.69 Å². The number of methoxy groups -OCH3 is 3. The Balaban J connectivity index is 1.96. The highest BCUT2D eigenvalue weighted by molar-refractivity contribution is 5.95. The van der Waals surface area contributed by atoms with Crippen molar-refractivity contribution >= 4 is 23.6 Å². The van der Waals surface area contributed by atoms with E-state index in [1.807, 2.05) is 25.1 Å². The van der Waals surface area contributed by atoms with E-state index in [1.54, 1.807) is 18.2 Å². The summed E-state index contributed by atoms with van der Waals surface area (Å²) in [5.41, 5.74) is 2.25. The summed E-state index contributed by atoms with van der Waals surface area (Å²) >= 11 is 0. The molecule has 0 saturated carbocycles. The fraction of sp³-hybridized carbons (Fsp3) is 0.238. The number of hydrogen-bond donors (Lipinski definition) is 1. The second-order valence-electron chi connectivity index (χ2n) is 5.76. The molecule has 28 heavy (non-hydrogen) atoms. The van der Waals surface area contributed by atoms with Crippen molar-refractivity contribution < 1.29 is 28.5 Å². The van der Waals surface area contributed by atoms with Crippen molar-refractivity contribution in [2.75, 3.05) is 33.3 Å². The average Bonchev–Trinajstić information content (AvgIpc) is 2.71. The maximum absolute atomic E-state index is 11.9. The van der Waals surface area contributed by atoms with Gasteiger partial charge in [-0.3, -0.25) is 4.79 Å². The molecule has 0 spiro atoms. The molecule has 7 heteroatoms. The van der Waals surface area contributed by atoms with E-state index in [-0.39, 0.29) is 6.61 Å². The van der Waals surface area contributed by atoms with Gasteiger partial charge in [-0.2, -0.15) is 0 Å². The number of amides is 1. The van der Waals surface area contributed by atoms with Gasteiger partial charge in [-0.25, -0.2) is 4.79 Å². The second kappa shape index (κ2) is 10.0. The number of aryl methyl sites for hydroxylation is 1. The lowest BCUT2D eigenvalue weighted by Gasteiger charge is -2.12. The average molecular weight is 385 g/mol. The highest BCUT2D eigenvalue weighted by Crippen LogP contribution is 2.38. The molecule has 0 atom stereocenters. The first-order valence-corrected chi connectivity index (χ1v) is 8.48. The van der Waals surface area contributed by atoms with Gasteiger partial charge in [-0.1, -0.05) is 18.2 Å². The quantitative estimate of drug-likeness (QED) is 0.555. The molecule has 0 aliphatic rings. The van der Waals surface area contributed by atoms with E-state index in [0.717, 1.165) is 5.56 Å². The number of rotatable bonds is 8. The molecule has 0 aliphatic heterocycles. The topological polar surface area (TPSA) is 83.1 Å². The first kappa shape index (κ1) is 20.8. The first-order valence-electron chi connectivity index (χ1n) is 8.48. The summed E-state index contributed by atoms with van der Waals surface area (Å²) < 4.78 is 20.7.